The largest absolute Gasteiger partial charge is 0.493 e. The summed E-state index contributed by atoms with van der Waals surface area (Å²) in [6.45, 7) is 1.06. The molecule has 0 bridgehead atoms. The van der Waals surface area contributed by atoms with E-state index in [0.29, 0.717) is 18.0 Å². The normalized spacial score (nSPS) is 14.8. The molecule has 1 aliphatic heterocycles. The van der Waals surface area contributed by atoms with E-state index in [-0.39, 0.29) is 43.8 Å². The Morgan fingerprint density at radius 1 is 1.11 bits per heavy atom. The van der Waals surface area contributed by atoms with Crippen molar-refractivity contribution in [3.8, 4) is 11.5 Å². The molecule has 1 unspecified atom stereocenters. The van der Waals surface area contributed by atoms with E-state index in [2.05, 4.69) is 0 Å². The third-order valence-electron chi connectivity index (χ3n) is 6.13. The average Bonchev–Trinajstić information content (AvgIpc) is 3.38. The van der Waals surface area contributed by atoms with Crippen LogP contribution in [0.2, 0.25) is 0 Å². The van der Waals surface area contributed by atoms with Gasteiger partial charge in [0.25, 0.3) is 5.91 Å². The van der Waals surface area contributed by atoms with Crippen molar-refractivity contribution in [3.63, 3.8) is 0 Å². The molecule has 0 saturated carbocycles. The van der Waals surface area contributed by atoms with Gasteiger partial charge in [0, 0.05) is 30.6 Å². The lowest BCUT2D eigenvalue weighted by atomic mass is 10.0. The summed E-state index contributed by atoms with van der Waals surface area (Å²) in [7, 11) is 3.11. The molecule has 3 aromatic rings. The Balaban J connectivity index is 1.54. The van der Waals surface area contributed by atoms with Crippen LogP contribution in [0.5, 0.6) is 11.5 Å². The Hall–Kier alpha value is -3.43. The number of carbonyl (C=O) groups excluding carboxylic acids is 2. The molecule has 36 heavy (non-hydrogen) atoms. The number of nitrogens with zero attached hydrogens (tertiary/aromatic N) is 2. The van der Waals surface area contributed by atoms with Crippen molar-refractivity contribution in [3.05, 3.63) is 81.8 Å². The Labute approximate surface area is 214 Å². The molecule has 9 heteroatoms. The zero-order valence-electron chi connectivity index (χ0n) is 20.3. The molecule has 0 spiro atoms. The molecule has 0 aliphatic carbocycles. The Morgan fingerprint density at radius 2 is 1.92 bits per heavy atom. The Kier molecular flexibility index (Phi) is 8.56. The monoisotopic (exact) mass is 512 g/mol. The second-order valence-corrected chi connectivity index (χ2v) is 9.34. The van der Waals surface area contributed by atoms with Gasteiger partial charge in [-0.25, -0.2) is 4.39 Å². The zero-order chi connectivity index (χ0) is 25.5. The fraction of sp³-hybridized carbons (Fsp3) is 0.333. The van der Waals surface area contributed by atoms with Gasteiger partial charge in [0.15, 0.2) is 11.5 Å². The number of rotatable bonds is 10. The predicted octanol–water partition coefficient (Wildman–Crippen LogP) is 4.19. The van der Waals surface area contributed by atoms with Crippen LogP contribution < -0.4 is 9.47 Å². The fourth-order valence-electron chi connectivity index (χ4n) is 4.29. The van der Waals surface area contributed by atoms with Gasteiger partial charge in [-0.1, -0.05) is 18.2 Å². The maximum absolute atomic E-state index is 13.7. The van der Waals surface area contributed by atoms with Crippen LogP contribution in [0.25, 0.3) is 0 Å². The van der Waals surface area contributed by atoms with Gasteiger partial charge in [-0.05, 0) is 53.8 Å². The maximum atomic E-state index is 13.7. The Bertz CT molecular complexity index is 1200. The van der Waals surface area contributed by atoms with Crippen LogP contribution >= 0.6 is 11.3 Å². The second-order valence-electron chi connectivity index (χ2n) is 8.34. The number of thiophene rings is 1. The van der Waals surface area contributed by atoms with Gasteiger partial charge in [0.05, 0.1) is 19.8 Å². The molecule has 0 N–H and O–H groups in total. The highest BCUT2D eigenvalue weighted by Crippen LogP contribution is 2.35. The first-order chi connectivity index (χ1) is 17.5. The van der Waals surface area contributed by atoms with Crippen molar-refractivity contribution >= 4 is 23.2 Å². The van der Waals surface area contributed by atoms with E-state index in [4.69, 9.17) is 14.2 Å². The number of para-hydroxylation sites is 2. The number of benzene rings is 2. The number of hydrogen-bond donors (Lipinski definition) is 0. The minimum atomic E-state index is -0.506. The van der Waals surface area contributed by atoms with Crippen molar-refractivity contribution in [1.82, 2.24) is 9.80 Å². The van der Waals surface area contributed by atoms with Crippen molar-refractivity contribution in [2.75, 3.05) is 47.1 Å². The summed E-state index contributed by atoms with van der Waals surface area (Å²) in [5, 5.41) is 2.02. The molecule has 2 amide bonds. The van der Waals surface area contributed by atoms with Crippen LogP contribution in [0, 0.1) is 5.82 Å². The van der Waals surface area contributed by atoms with Crippen LogP contribution in [0.4, 0.5) is 4.39 Å². The van der Waals surface area contributed by atoms with Crippen molar-refractivity contribution in [1.29, 1.82) is 0 Å². The molecule has 190 valence electrons. The lowest BCUT2D eigenvalue weighted by molar-refractivity contribution is -0.135. The lowest BCUT2D eigenvalue weighted by Gasteiger charge is -2.37. The van der Waals surface area contributed by atoms with E-state index in [1.54, 1.807) is 23.3 Å². The van der Waals surface area contributed by atoms with Gasteiger partial charge in [0.1, 0.15) is 19.0 Å². The summed E-state index contributed by atoms with van der Waals surface area (Å²) in [5.74, 6) is 0.0747. The molecule has 2 heterocycles. The minimum absolute atomic E-state index is 0.149. The number of methoxy groups -OCH3 is 2. The molecule has 1 aliphatic rings. The molecule has 0 radical (unpaired) electrons. The molecule has 4 rings (SSSR count). The van der Waals surface area contributed by atoms with Crippen molar-refractivity contribution < 1.29 is 28.2 Å². The predicted molar refractivity (Wildman–Crippen MR) is 135 cm³/mol. The smallest absolute Gasteiger partial charge is 0.254 e. The molecule has 1 aromatic heterocycles. The lowest BCUT2D eigenvalue weighted by Crippen LogP contribution is -2.48. The number of halogens is 1. The zero-order valence-corrected chi connectivity index (χ0v) is 21.1. The van der Waals surface area contributed by atoms with E-state index in [1.165, 1.54) is 41.2 Å². The fourth-order valence-corrected chi connectivity index (χ4v) is 5.22. The third-order valence-corrected chi connectivity index (χ3v) is 7.13. The molecule has 2 aromatic carbocycles. The van der Waals surface area contributed by atoms with Crippen LogP contribution in [0.15, 0.2) is 60.0 Å². The maximum Gasteiger partial charge on any atom is 0.254 e. The molecule has 7 nitrogen and oxygen atoms in total. The van der Waals surface area contributed by atoms with Gasteiger partial charge in [-0.2, -0.15) is 0 Å². The number of hydrogen-bond acceptors (Lipinski definition) is 6. The number of fused-ring (bicyclic) bond motifs is 1. The summed E-state index contributed by atoms with van der Waals surface area (Å²) in [6.07, 6.45) is 0.736. The summed E-state index contributed by atoms with van der Waals surface area (Å²) in [4.78, 5) is 31.1. The highest BCUT2D eigenvalue weighted by molar-refractivity contribution is 7.10. The number of ether oxygens (including phenoxy) is 3. The highest BCUT2D eigenvalue weighted by Gasteiger charge is 2.34. The van der Waals surface area contributed by atoms with E-state index < -0.39 is 11.7 Å². The van der Waals surface area contributed by atoms with E-state index in [0.717, 1.165) is 12.0 Å². The van der Waals surface area contributed by atoms with E-state index in [9.17, 15) is 14.0 Å². The molecule has 0 fully saturated rings. The number of amides is 2. The summed E-state index contributed by atoms with van der Waals surface area (Å²) < 4.78 is 30.4. The Morgan fingerprint density at radius 3 is 2.67 bits per heavy atom. The molecule has 1 atom stereocenters. The molecular formula is C27H29FN2O5S. The van der Waals surface area contributed by atoms with Gasteiger partial charge in [-0.15, -0.1) is 11.3 Å². The van der Waals surface area contributed by atoms with Crippen LogP contribution in [0.3, 0.4) is 0 Å². The summed E-state index contributed by atoms with van der Waals surface area (Å²) in [6, 6.07) is 14.6. The quantitative estimate of drug-likeness (QED) is 0.408. The summed E-state index contributed by atoms with van der Waals surface area (Å²) >= 11 is 1.67. The second kappa shape index (κ2) is 12.0. The van der Waals surface area contributed by atoms with Crippen molar-refractivity contribution in [2.24, 2.45) is 0 Å². The summed E-state index contributed by atoms with van der Waals surface area (Å²) in [5.41, 5.74) is 1.24. The topological polar surface area (TPSA) is 68.3 Å². The van der Waals surface area contributed by atoms with Gasteiger partial charge < -0.3 is 24.0 Å². The van der Waals surface area contributed by atoms with Gasteiger partial charge in [0.2, 0.25) is 5.91 Å². The average molecular weight is 513 g/mol. The number of carbonyl (C=O) groups is 2. The van der Waals surface area contributed by atoms with Crippen molar-refractivity contribution in [2.45, 2.75) is 12.5 Å². The first-order valence-electron chi connectivity index (χ1n) is 11.7. The van der Waals surface area contributed by atoms with Crippen LogP contribution in [-0.2, 0) is 16.0 Å². The van der Waals surface area contributed by atoms with Crippen LogP contribution in [-0.4, -0.2) is 68.7 Å². The van der Waals surface area contributed by atoms with Crippen LogP contribution in [0.1, 0.15) is 26.8 Å². The SMILES string of the molecule is COCCN(CC(=O)N1CCc2sccc2C1COc1ccccc1OC)C(=O)c1cccc(F)c1. The standard InChI is InChI=1S/C27H29FN2O5S/c1-33-14-13-29(27(32)19-6-5-7-20(28)16-19)17-26(31)30-12-10-25-21(11-15-36-25)22(30)18-35-24-9-4-3-8-23(24)34-2/h3-9,11,15-16,22H,10,12-14,17-18H2,1-2H3. The highest BCUT2D eigenvalue weighted by atomic mass is 32.1. The van der Waals surface area contributed by atoms with Gasteiger partial charge in [-0.3, -0.25) is 9.59 Å². The molecular weight excluding hydrogens is 483 g/mol. The van der Waals surface area contributed by atoms with E-state index >= 15 is 0 Å². The third kappa shape index (κ3) is 5.85. The molecule has 0 saturated heterocycles. The minimum Gasteiger partial charge on any atom is -0.493 e. The van der Waals surface area contributed by atoms with Gasteiger partial charge >= 0.3 is 0 Å². The first kappa shape index (κ1) is 25.7. The first-order valence-corrected chi connectivity index (χ1v) is 12.5. The van der Waals surface area contributed by atoms with E-state index in [1.807, 2.05) is 35.7 Å².